The number of imide groups is 1. The maximum Gasteiger partial charge on any atom is 0.344 e. The number of rotatable bonds is 6. The fourth-order valence-electron chi connectivity index (χ4n) is 3.42. The summed E-state index contributed by atoms with van der Waals surface area (Å²) >= 11 is 0. The lowest BCUT2D eigenvalue weighted by molar-refractivity contribution is -0.139. The smallest absolute Gasteiger partial charge is 0.322 e. The van der Waals surface area contributed by atoms with Gasteiger partial charge in [-0.05, 0) is 31.0 Å². The number of amides is 4. The van der Waals surface area contributed by atoms with Gasteiger partial charge in [0.05, 0.1) is 4.90 Å². The first-order valence-electron chi connectivity index (χ1n) is 9.05. The average molecular weight is 430 g/mol. The van der Waals surface area contributed by atoms with Crippen molar-refractivity contribution in [2.24, 2.45) is 0 Å². The number of benzene rings is 1. The maximum absolute atomic E-state index is 13.2. The van der Waals surface area contributed by atoms with Gasteiger partial charge in [0.15, 0.2) is 11.6 Å². The first kappa shape index (κ1) is 21.1. The minimum absolute atomic E-state index is 0.373. The van der Waals surface area contributed by atoms with Gasteiger partial charge >= 0.3 is 6.03 Å². The van der Waals surface area contributed by atoms with Gasteiger partial charge in [0.2, 0.25) is 15.9 Å². The van der Waals surface area contributed by atoms with Gasteiger partial charge in [-0.15, -0.1) is 0 Å². The quantitative estimate of drug-likeness (QED) is 0.579. The Morgan fingerprint density at radius 3 is 2.48 bits per heavy atom. The van der Waals surface area contributed by atoms with Crippen LogP contribution >= 0.6 is 0 Å². The molecule has 1 heterocycles. The second-order valence-corrected chi connectivity index (χ2v) is 8.74. The highest BCUT2D eigenvalue weighted by molar-refractivity contribution is 7.89. The Kier molecular flexibility index (Phi) is 5.85. The van der Waals surface area contributed by atoms with Crippen LogP contribution in [-0.4, -0.2) is 43.4 Å². The minimum atomic E-state index is -4.16. The summed E-state index contributed by atoms with van der Waals surface area (Å²) in [6.07, 6.45) is 3.16. The molecular weight excluding hydrogens is 410 g/mol. The lowest BCUT2D eigenvalue weighted by Crippen LogP contribution is -2.51. The zero-order valence-electron chi connectivity index (χ0n) is 15.3. The molecule has 1 aliphatic heterocycles. The predicted molar refractivity (Wildman–Crippen MR) is 95.5 cm³/mol. The topological polar surface area (TPSA) is 125 Å². The minimum Gasteiger partial charge on any atom is -0.322 e. The Labute approximate surface area is 165 Å². The van der Waals surface area contributed by atoms with E-state index in [2.05, 4.69) is 15.5 Å². The molecule has 1 aromatic rings. The van der Waals surface area contributed by atoms with Crippen LogP contribution in [0.3, 0.4) is 0 Å². The molecule has 1 spiro atoms. The lowest BCUT2D eigenvalue weighted by Gasteiger charge is -2.30. The van der Waals surface area contributed by atoms with Crippen molar-refractivity contribution in [1.82, 2.24) is 20.5 Å². The number of hydrogen-bond acceptors (Lipinski definition) is 5. The first-order chi connectivity index (χ1) is 13.6. The second-order valence-electron chi connectivity index (χ2n) is 6.97. The normalized spacial score (nSPS) is 18.8. The summed E-state index contributed by atoms with van der Waals surface area (Å²) in [5.41, 5.74) is 1.19. The van der Waals surface area contributed by atoms with E-state index in [0.717, 1.165) is 25.3 Å². The summed E-state index contributed by atoms with van der Waals surface area (Å²) in [5, 5.41) is 3.25. The number of sulfonamides is 1. The summed E-state index contributed by atoms with van der Waals surface area (Å²) in [5.74, 6) is -3.79. The van der Waals surface area contributed by atoms with E-state index in [4.69, 9.17) is 0 Å². The summed E-state index contributed by atoms with van der Waals surface area (Å²) in [6, 6.07) is 1.36. The Hall–Kier alpha value is -2.60. The molecule has 2 fully saturated rings. The van der Waals surface area contributed by atoms with Crippen LogP contribution < -0.4 is 15.5 Å². The van der Waals surface area contributed by atoms with E-state index >= 15 is 0 Å². The third-order valence-corrected chi connectivity index (χ3v) is 6.41. The van der Waals surface area contributed by atoms with Crippen molar-refractivity contribution in [3.05, 3.63) is 29.8 Å². The van der Waals surface area contributed by atoms with Crippen LogP contribution in [0.25, 0.3) is 0 Å². The fourth-order valence-corrected chi connectivity index (χ4v) is 4.47. The van der Waals surface area contributed by atoms with Crippen LogP contribution in [0.15, 0.2) is 23.1 Å². The van der Waals surface area contributed by atoms with Crippen LogP contribution in [-0.2, 0) is 19.6 Å². The van der Waals surface area contributed by atoms with Crippen molar-refractivity contribution < 1.29 is 31.6 Å². The van der Waals surface area contributed by atoms with Crippen LogP contribution in [0.1, 0.15) is 38.5 Å². The van der Waals surface area contributed by atoms with Gasteiger partial charge in [0, 0.05) is 13.0 Å². The Bertz CT molecular complexity index is 947. The average Bonchev–Trinajstić information content (AvgIpc) is 2.88. The number of hydrogen-bond donors (Lipinski definition) is 3. The van der Waals surface area contributed by atoms with Crippen molar-refractivity contribution >= 4 is 27.9 Å². The monoisotopic (exact) mass is 430 g/mol. The lowest BCUT2D eigenvalue weighted by atomic mass is 9.82. The summed E-state index contributed by atoms with van der Waals surface area (Å²) in [4.78, 5) is 36.2. The zero-order chi connectivity index (χ0) is 21.2. The third kappa shape index (κ3) is 4.37. The molecule has 12 heteroatoms. The maximum atomic E-state index is 13.2. The highest BCUT2D eigenvalue weighted by Crippen LogP contribution is 2.32. The molecule has 1 aromatic carbocycles. The molecule has 0 radical (unpaired) electrons. The molecule has 2 aliphatic rings. The second kappa shape index (κ2) is 8.03. The molecule has 0 aromatic heterocycles. The van der Waals surface area contributed by atoms with Crippen molar-refractivity contribution in [2.75, 3.05) is 6.54 Å². The largest absolute Gasteiger partial charge is 0.344 e. The van der Waals surface area contributed by atoms with Crippen LogP contribution in [0.5, 0.6) is 0 Å². The number of carbonyl (C=O) groups excluding carboxylic acids is 3. The molecule has 1 aliphatic carbocycles. The molecule has 0 bridgehead atoms. The molecule has 158 valence electrons. The first-order valence-corrected chi connectivity index (χ1v) is 10.5. The van der Waals surface area contributed by atoms with Gasteiger partial charge in [-0.1, -0.05) is 19.3 Å². The molecule has 9 nitrogen and oxygen atoms in total. The molecule has 4 amide bonds. The Balaban J connectivity index is 1.54. The van der Waals surface area contributed by atoms with E-state index in [9.17, 15) is 31.6 Å². The molecule has 0 unspecified atom stereocenters. The Morgan fingerprint density at radius 1 is 1.14 bits per heavy atom. The summed E-state index contributed by atoms with van der Waals surface area (Å²) in [6.45, 7) is -0.373. The molecule has 3 N–H and O–H groups in total. The number of urea groups is 1. The summed E-state index contributed by atoms with van der Waals surface area (Å²) < 4.78 is 52.3. The highest BCUT2D eigenvalue weighted by Gasteiger charge is 2.52. The molecular formula is C17H20F2N4O5S. The van der Waals surface area contributed by atoms with E-state index in [1.54, 1.807) is 0 Å². The van der Waals surface area contributed by atoms with Crippen molar-refractivity contribution in [3.63, 3.8) is 0 Å². The van der Waals surface area contributed by atoms with Gasteiger partial charge in [-0.3, -0.25) is 15.0 Å². The molecule has 1 saturated heterocycles. The van der Waals surface area contributed by atoms with E-state index in [1.807, 2.05) is 0 Å². The molecule has 3 rings (SSSR count). The summed E-state index contributed by atoms with van der Waals surface area (Å²) in [7, 11) is -4.16. The van der Waals surface area contributed by atoms with Crippen molar-refractivity contribution in [2.45, 2.75) is 49.0 Å². The predicted octanol–water partition coefficient (Wildman–Crippen LogP) is 0.919. The number of hydrazine groups is 1. The standard InChI is InChI=1S/C17H20F2N4O5S/c18-12-5-4-11(10-13(12)19)29(27,28)20-9-6-14(24)22-23-15(25)17(21-16(23)26)7-2-1-3-8-17/h4-5,10,20H,1-3,6-9H2,(H,21,26)(H,22,24). The van der Waals surface area contributed by atoms with Crippen LogP contribution in [0.2, 0.25) is 0 Å². The van der Waals surface area contributed by atoms with Gasteiger partial charge < -0.3 is 5.32 Å². The third-order valence-electron chi connectivity index (χ3n) is 4.95. The molecule has 1 saturated carbocycles. The fraction of sp³-hybridized carbons (Fsp3) is 0.471. The molecule has 29 heavy (non-hydrogen) atoms. The van der Waals surface area contributed by atoms with Crippen LogP contribution in [0.4, 0.5) is 13.6 Å². The van der Waals surface area contributed by atoms with E-state index < -0.39 is 49.9 Å². The number of halogens is 2. The van der Waals surface area contributed by atoms with E-state index in [0.29, 0.717) is 30.0 Å². The highest BCUT2D eigenvalue weighted by atomic mass is 32.2. The number of nitrogens with zero attached hydrogens (tertiary/aromatic N) is 1. The van der Waals surface area contributed by atoms with Gasteiger partial charge in [-0.25, -0.2) is 26.7 Å². The van der Waals surface area contributed by atoms with Gasteiger partial charge in [-0.2, -0.15) is 5.01 Å². The number of nitrogens with one attached hydrogen (secondary N) is 3. The zero-order valence-corrected chi connectivity index (χ0v) is 16.2. The van der Waals surface area contributed by atoms with Gasteiger partial charge in [0.25, 0.3) is 5.91 Å². The van der Waals surface area contributed by atoms with Crippen LogP contribution in [0, 0.1) is 11.6 Å². The SMILES string of the molecule is O=C(CCNS(=O)(=O)c1ccc(F)c(F)c1)NN1C(=O)NC2(CCCCC2)C1=O. The van der Waals surface area contributed by atoms with E-state index in [1.165, 1.54) is 0 Å². The Morgan fingerprint density at radius 2 is 1.83 bits per heavy atom. The molecule has 0 atom stereocenters. The van der Waals surface area contributed by atoms with Gasteiger partial charge in [0.1, 0.15) is 5.54 Å². The van der Waals surface area contributed by atoms with Crippen molar-refractivity contribution in [3.8, 4) is 0 Å². The number of carbonyl (C=O) groups is 3. The van der Waals surface area contributed by atoms with E-state index in [-0.39, 0.29) is 13.0 Å². The van der Waals surface area contributed by atoms with Crippen molar-refractivity contribution in [1.29, 1.82) is 0 Å².